The van der Waals surface area contributed by atoms with Gasteiger partial charge in [-0.15, -0.1) is 10.2 Å². The van der Waals surface area contributed by atoms with Gasteiger partial charge in [0.1, 0.15) is 5.54 Å². The average molecular weight is 392 g/mol. The third-order valence-electron chi connectivity index (χ3n) is 4.36. The molecule has 0 saturated heterocycles. The zero-order valence-corrected chi connectivity index (χ0v) is 17.0. The van der Waals surface area contributed by atoms with Crippen molar-refractivity contribution in [2.24, 2.45) is 13.0 Å². The molecule has 0 aliphatic rings. The molecule has 1 aromatic carbocycles. The molecule has 0 saturated carbocycles. The third kappa shape index (κ3) is 4.37. The van der Waals surface area contributed by atoms with Crippen molar-refractivity contribution >= 4 is 29.3 Å². The summed E-state index contributed by atoms with van der Waals surface area (Å²) in [7, 11) is 1.85. The first kappa shape index (κ1) is 20.3. The standard InChI is InChI=1S/C18H22ClN5OS/c1-11(2)18(4,10-20)21-16(25)12(3)26-17-23-22-15(24(17)5)13-6-8-14(19)9-7-13/h6-9,11-12H,1-5H3,(H,21,25)/t12-,18+/m0/s1. The van der Waals surface area contributed by atoms with Crippen molar-refractivity contribution in [1.82, 2.24) is 20.1 Å². The molecular formula is C18H22ClN5OS. The minimum absolute atomic E-state index is 0.0000135. The maximum atomic E-state index is 12.5. The summed E-state index contributed by atoms with van der Waals surface area (Å²) < 4.78 is 1.84. The van der Waals surface area contributed by atoms with E-state index in [1.165, 1.54) is 11.8 Å². The molecule has 0 aliphatic carbocycles. The number of aromatic nitrogens is 3. The molecule has 1 N–H and O–H groups in total. The maximum absolute atomic E-state index is 12.5. The first-order chi connectivity index (χ1) is 12.2. The minimum atomic E-state index is -0.903. The van der Waals surface area contributed by atoms with Crippen LogP contribution in [0.1, 0.15) is 27.7 Å². The van der Waals surface area contributed by atoms with E-state index in [1.807, 2.05) is 37.6 Å². The molecule has 2 rings (SSSR count). The number of hydrogen-bond acceptors (Lipinski definition) is 5. The van der Waals surface area contributed by atoms with Gasteiger partial charge in [0.05, 0.1) is 11.3 Å². The Morgan fingerprint density at radius 2 is 1.92 bits per heavy atom. The van der Waals surface area contributed by atoms with Crippen LogP contribution in [0.15, 0.2) is 29.4 Å². The highest BCUT2D eigenvalue weighted by Crippen LogP contribution is 2.27. The van der Waals surface area contributed by atoms with Crippen molar-refractivity contribution in [3.8, 4) is 17.5 Å². The van der Waals surface area contributed by atoms with Crippen LogP contribution in [-0.4, -0.2) is 31.5 Å². The van der Waals surface area contributed by atoms with Gasteiger partial charge in [0.15, 0.2) is 11.0 Å². The van der Waals surface area contributed by atoms with Crippen molar-refractivity contribution in [1.29, 1.82) is 5.26 Å². The lowest BCUT2D eigenvalue weighted by Gasteiger charge is -2.28. The summed E-state index contributed by atoms with van der Waals surface area (Å²) in [6.07, 6.45) is 0. The summed E-state index contributed by atoms with van der Waals surface area (Å²) in [4.78, 5) is 12.5. The Bertz CT molecular complexity index is 827. The molecule has 2 aromatic rings. The topological polar surface area (TPSA) is 83.6 Å². The molecular weight excluding hydrogens is 370 g/mol. The number of thioether (sulfide) groups is 1. The summed E-state index contributed by atoms with van der Waals surface area (Å²) in [5.74, 6) is 0.490. The molecule has 8 heteroatoms. The Morgan fingerprint density at radius 1 is 1.31 bits per heavy atom. The van der Waals surface area contributed by atoms with E-state index in [2.05, 4.69) is 21.6 Å². The lowest BCUT2D eigenvalue weighted by molar-refractivity contribution is -0.121. The van der Waals surface area contributed by atoms with Gasteiger partial charge in [-0.05, 0) is 44.0 Å². The molecule has 2 atom stereocenters. The van der Waals surface area contributed by atoms with Crippen LogP contribution in [0.25, 0.3) is 11.4 Å². The van der Waals surface area contributed by atoms with Gasteiger partial charge in [-0.3, -0.25) is 4.79 Å². The van der Waals surface area contributed by atoms with Gasteiger partial charge < -0.3 is 9.88 Å². The van der Waals surface area contributed by atoms with Gasteiger partial charge in [0.25, 0.3) is 0 Å². The molecule has 6 nitrogen and oxygen atoms in total. The van der Waals surface area contributed by atoms with Crippen LogP contribution in [0, 0.1) is 17.2 Å². The van der Waals surface area contributed by atoms with Crippen molar-refractivity contribution in [2.45, 2.75) is 43.6 Å². The number of amides is 1. The largest absolute Gasteiger partial charge is 0.337 e. The van der Waals surface area contributed by atoms with Crippen molar-refractivity contribution in [3.05, 3.63) is 29.3 Å². The summed E-state index contributed by atoms with van der Waals surface area (Å²) in [5.41, 5.74) is -0.00880. The molecule has 0 spiro atoms. The molecule has 0 radical (unpaired) electrons. The number of hydrogen-bond donors (Lipinski definition) is 1. The monoisotopic (exact) mass is 391 g/mol. The van der Waals surface area contributed by atoms with E-state index in [-0.39, 0.29) is 11.8 Å². The lowest BCUT2D eigenvalue weighted by atomic mass is 9.90. The number of carbonyl (C=O) groups is 1. The Kier molecular flexibility index (Phi) is 6.32. The van der Waals surface area contributed by atoms with Crippen LogP contribution in [0.2, 0.25) is 5.02 Å². The second kappa shape index (κ2) is 8.11. The Morgan fingerprint density at radius 3 is 2.46 bits per heavy atom. The number of nitrogens with zero attached hydrogens (tertiary/aromatic N) is 4. The Labute approximate surface area is 162 Å². The van der Waals surface area contributed by atoms with Crippen LogP contribution in [0.4, 0.5) is 0 Å². The van der Waals surface area contributed by atoms with E-state index in [0.29, 0.717) is 16.0 Å². The molecule has 26 heavy (non-hydrogen) atoms. The smallest absolute Gasteiger partial charge is 0.234 e. The molecule has 1 amide bonds. The highest BCUT2D eigenvalue weighted by molar-refractivity contribution is 8.00. The predicted molar refractivity (Wildman–Crippen MR) is 104 cm³/mol. The second-order valence-corrected chi connectivity index (χ2v) is 8.33. The molecule has 1 aromatic heterocycles. The van der Waals surface area contributed by atoms with E-state index < -0.39 is 10.8 Å². The summed E-state index contributed by atoms with van der Waals surface area (Å²) in [5, 5.41) is 21.5. The van der Waals surface area contributed by atoms with Gasteiger partial charge >= 0.3 is 0 Å². The fraction of sp³-hybridized carbons (Fsp3) is 0.444. The summed E-state index contributed by atoms with van der Waals surface area (Å²) in [6.45, 7) is 7.33. The molecule has 138 valence electrons. The number of carbonyl (C=O) groups excluding carboxylic acids is 1. The zero-order valence-electron chi connectivity index (χ0n) is 15.4. The maximum Gasteiger partial charge on any atom is 0.234 e. The van der Waals surface area contributed by atoms with Crippen molar-refractivity contribution in [3.63, 3.8) is 0 Å². The van der Waals surface area contributed by atoms with Gasteiger partial charge in [0, 0.05) is 17.6 Å². The van der Waals surface area contributed by atoms with Crippen LogP contribution in [0.3, 0.4) is 0 Å². The second-order valence-electron chi connectivity index (χ2n) is 6.59. The van der Waals surface area contributed by atoms with E-state index in [9.17, 15) is 10.1 Å². The summed E-state index contributed by atoms with van der Waals surface area (Å²) in [6, 6.07) is 9.52. The van der Waals surface area contributed by atoms with Gasteiger partial charge in [0.2, 0.25) is 5.91 Å². The number of halogens is 1. The Hall–Kier alpha value is -2.04. The minimum Gasteiger partial charge on any atom is -0.337 e. The number of benzene rings is 1. The fourth-order valence-electron chi connectivity index (χ4n) is 2.14. The van der Waals surface area contributed by atoms with Gasteiger partial charge in [-0.25, -0.2) is 0 Å². The van der Waals surface area contributed by atoms with E-state index in [1.54, 1.807) is 26.0 Å². The third-order valence-corrected chi connectivity index (χ3v) is 5.74. The quantitative estimate of drug-likeness (QED) is 0.759. The van der Waals surface area contributed by atoms with Crippen LogP contribution in [-0.2, 0) is 11.8 Å². The lowest BCUT2D eigenvalue weighted by Crippen LogP contribution is -2.51. The normalized spacial score (nSPS) is 14.5. The number of nitrogens with one attached hydrogen (secondary N) is 1. The molecule has 0 fully saturated rings. The van der Waals surface area contributed by atoms with Gasteiger partial charge in [-0.1, -0.05) is 37.2 Å². The highest BCUT2D eigenvalue weighted by atomic mass is 35.5. The number of nitriles is 1. The molecule has 0 aliphatic heterocycles. The first-order valence-electron chi connectivity index (χ1n) is 8.23. The van der Waals surface area contributed by atoms with Crippen LogP contribution < -0.4 is 5.32 Å². The van der Waals surface area contributed by atoms with E-state index in [0.717, 1.165) is 5.56 Å². The van der Waals surface area contributed by atoms with Gasteiger partial charge in [-0.2, -0.15) is 5.26 Å². The molecule has 0 unspecified atom stereocenters. The molecule has 1 heterocycles. The van der Waals surface area contributed by atoms with Crippen molar-refractivity contribution in [2.75, 3.05) is 0 Å². The zero-order chi connectivity index (χ0) is 19.5. The SMILES string of the molecule is CC(C)[C@@](C)(C#N)NC(=O)[C@H](C)Sc1nnc(-c2ccc(Cl)cc2)n1C. The van der Waals surface area contributed by atoms with E-state index in [4.69, 9.17) is 11.6 Å². The fourth-order valence-corrected chi connectivity index (χ4v) is 3.08. The van der Waals surface area contributed by atoms with E-state index >= 15 is 0 Å². The molecule has 0 bridgehead atoms. The predicted octanol–water partition coefficient (Wildman–Crippen LogP) is 3.67. The Balaban J connectivity index is 2.13. The average Bonchev–Trinajstić information content (AvgIpc) is 2.96. The first-order valence-corrected chi connectivity index (χ1v) is 9.49. The van der Waals surface area contributed by atoms with Crippen LogP contribution in [0.5, 0.6) is 0 Å². The van der Waals surface area contributed by atoms with Crippen molar-refractivity contribution < 1.29 is 4.79 Å². The van der Waals surface area contributed by atoms with Crippen LogP contribution >= 0.6 is 23.4 Å². The highest BCUT2D eigenvalue weighted by Gasteiger charge is 2.32. The number of rotatable bonds is 6. The summed E-state index contributed by atoms with van der Waals surface area (Å²) >= 11 is 7.22.